The average molecular weight is 315 g/mol. The van der Waals surface area contributed by atoms with Crippen molar-refractivity contribution < 1.29 is 4.74 Å². The monoisotopic (exact) mass is 315 g/mol. The summed E-state index contributed by atoms with van der Waals surface area (Å²) in [7, 11) is 1.41. The van der Waals surface area contributed by atoms with Gasteiger partial charge in [0.15, 0.2) is 0 Å². The minimum absolute atomic E-state index is 0. The van der Waals surface area contributed by atoms with Crippen LogP contribution in [0.3, 0.4) is 0 Å². The van der Waals surface area contributed by atoms with E-state index in [-0.39, 0.29) is 16.3 Å². The fraction of sp³-hybridized carbons (Fsp3) is 0.100. The normalized spacial score (nSPS) is 15.1. The molecule has 3 aromatic carbocycles. The van der Waals surface area contributed by atoms with Crippen molar-refractivity contribution in [2.75, 3.05) is 7.11 Å². The molecule has 0 aromatic heterocycles. The lowest BCUT2D eigenvalue weighted by atomic mass is 9.99. The van der Waals surface area contributed by atoms with Gasteiger partial charge in [-0.1, -0.05) is 66.7 Å². The molecule has 3 heteroatoms. The molecule has 0 amide bonds. The minimum Gasteiger partial charge on any atom is -0.496 e. The molecule has 0 saturated carbocycles. The van der Waals surface area contributed by atoms with E-state index in [2.05, 4.69) is 72.8 Å². The SMILES string of the molecule is COc1cccc2c1-c1ccccc1[P@](c1ccccc1)C2.[B]. The second-order valence-corrected chi connectivity index (χ2v) is 7.60. The van der Waals surface area contributed by atoms with Gasteiger partial charge in [-0.2, -0.15) is 0 Å². The minimum atomic E-state index is -0.342. The van der Waals surface area contributed by atoms with Gasteiger partial charge in [-0.3, -0.25) is 0 Å². The van der Waals surface area contributed by atoms with Gasteiger partial charge >= 0.3 is 0 Å². The molecule has 0 unspecified atom stereocenters. The van der Waals surface area contributed by atoms with Crippen LogP contribution in [0.4, 0.5) is 0 Å². The molecule has 3 radical (unpaired) electrons. The highest BCUT2D eigenvalue weighted by molar-refractivity contribution is 7.72. The topological polar surface area (TPSA) is 9.23 Å². The van der Waals surface area contributed by atoms with Crippen LogP contribution in [-0.4, -0.2) is 15.5 Å². The first kappa shape index (κ1) is 15.8. The summed E-state index contributed by atoms with van der Waals surface area (Å²) in [5, 5.41) is 2.90. The summed E-state index contributed by atoms with van der Waals surface area (Å²) in [5.41, 5.74) is 4.00. The summed E-state index contributed by atoms with van der Waals surface area (Å²) in [6, 6.07) is 26.1. The first-order valence-electron chi connectivity index (χ1n) is 7.46. The molecule has 1 nitrogen and oxygen atoms in total. The molecule has 0 bridgehead atoms. The maximum atomic E-state index is 5.62. The van der Waals surface area contributed by atoms with Crippen molar-refractivity contribution in [3.05, 3.63) is 78.4 Å². The molecular weight excluding hydrogens is 298 g/mol. The summed E-state index contributed by atoms with van der Waals surface area (Å²) in [5.74, 6) is 0.979. The van der Waals surface area contributed by atoms with Crippen molar-refractivity contribution in [3.63, 3.8) is 0 Å². The zero-order chi connectivity index (χ0) is 14.9. The van der Waals surface area contributed by atoms with Gasteiger partial charge in [0.1, 0.15) is 5.75 Å². The van der Waals surface area contributed by atoms with E-state index >= 15 is 0 Å². The lowest BCUT2D eigenvalue weighted by molar-refractivity contribution is 0.416. The first-order chi connectivity index (χ1) is 10.9. The average Bonchev–Trinajstić information content (AvgIpc) is 2.61. The quantitative estimate of drug-likeness (QED) is 0.514. The van der Waals surface area contributed by atoms with Gasteiger partial charge in [0, 0.05) is 20.1 Å². The van der Waals surface area contributed by atoms with Crippen molar-refractivity contribution in [1.29, 1.82) is 0 Å². The van der Waals surface area contributed by atoms with Gasteiger partial charge in [-0.15, -0.1) is 0 Å². The zero-order valence-corrected chi connectivity index (χ0v) is 14.0. The third-order valence-corrected chi connectivity index (χ3v) is 6.74. The number of methoxy groups -OCH3 is 1. The Kier molecular flexibility index (Phi) is 4.55. The van der Waals surface area contributed by atoms with Crippen LogP contribution < -0.4 is 15.3 Å². The van der Waals surface area contributed by atoms with Crippen molar-refractivity contribution in [2.24, 2.45) is 0 Å². The van der Waals surface area contributed by atoms with E-state index in [0.717, 1.165) is 11.9 Å². The summed E-state index contributed by atoms with van der Waals surface area (Å²) in [6.45, 7) is 0. The lowest BCUT2D eigenvalue weighted by Crippen LogP contribution is -2.19. The van der Waals surface area contributed by atoms with Crippen molar-refractivity contribution in [2.45, 2.75) is 6.16 Å². The molecule has 1 heterocycles. The third kappa shape index (κ3) is 2.68. The van der Waals surface area contributed by atoms with E-state index in [4.69, 9.17) is 4.74 Å². The van der Waals surface area contributed by atoms with E-state index in [1.165, 1.54) is 27.3 Å². The highest BCUT2D eigenvalue weighted by atomic mass is 31.1. The van der Waals surface area contributed by atoms with Crippen LogP contribution in [0, 0.1) is 0 Å². The summed E-state index contributed by atoms with van der Waals surface area (Å²) >= 11 is 0. The van der Waals surface area contributed by atoms with Gasteiger partial charge in [-0.25, -0.2) is 0 Å². The summed E-state index contributed by atoms with van der Waals surface area (Å²) < 4.78 is 5.62. The number of rotatable bonds is 2. The molecule has 0 fully saturated rings. The van der Waals surface area contributed by atoms with Crippen molar-refractivity contribution in [1.82, 2.24) is 0 Å². The Labute approximate surface area is 140 Å². The molecule has 0 aliphatic carbocycles. The van der Waals surface area contributed by atoms with Crippen LogP contribution >= 0.6 is 7.92 Å². The van der Waals surface area contributed by atoms with Gasteiger partial charge in [0.2, 0.25) is 0 Å². The predicted molar refractivity (Wildman–Crippen MR) is 101 cm³/mol. The van der Waals surface area contributed by atoms with Crippen LogP contribution in [0.15, 0.2) is 72.8 Å². The van der Waals surface area contributed by atoms with E-state index in [0.29, 0.717) is 0 Å². The highest BCUT2D eigenvalue weighted by Gasteiger charge is 2.27. The van der Waals surface area contributed by atoms with E-state index in [1.807, 2.05) is 0 Å². The van der Waals surface area contributed by atoms with Crippen LogP contribution in [-0.2, 0) is 6.16 Å². The van der Waals surface area contributed by atoms with Crippen LogP contribution in [0.2, 0.25) is 0 Å². The Morgan fingerprint density at radius 2 is 1.57 bits per heavy atom. The van der Waals surface area contributed by atoms with Crippen LogP contribution in [0.1, 0.15) is 5.56 Å². The van der Waals surface area contributed by atoms with E-state index in [9.17, 15) is 0 Å². The van der Waals surface area contributed by atoms with Crippen LogP contribution in [0.25, 0.3) is 11.1 Å². The smallest absolute Gasteiger partial charge is 0.126 e. The molecule has 1 aliphatic heterocycles. The first-order valence-corrected chi connectivity index (χ1v) is 8.99. The fourth-order valence-electron chi connectivity index (χ4n) is 3.20. The molecule has 3 aromatic rings. The van der Waals surface area contributed by atoms with Gasteiger partial charge in [-0.05, 0) is 35.7 Å². The maximum Gasteiger partial charge on any atom is 0.126 e. The second kappa shape index (κ2) is 6.60. The molecule has 0 saturated heterocycles. The van der Waals surface area contributed by atoms with Gasteiger partial charge in [0.25, 0.3) is 0 Å². The molecule has 1 atom stereocenters. The van der Waals surface area contributed by atoms with Crippen molar-refractivity contribution in [3.8, 4) is 16.9 Å². The Bertz CT molecular complexity index is 817. The van der Waals surface area contributed by atoms with Crippen LogP contribution in [0.5, 0.6) is 5.75 Å². The maximum absolute atomic E-state index is 5.62. The van der Waals surface area contributed by atoms with Gasteiger partial charge in [0.05, 0.1) is 7.11 Å². The molecule has 23 heavy (non-hydrogen) atoms. The highest BCUT2D eigenvalue weighted by Crippen LogP contribution is 2.49. The molecule has 1 aliphatic rings. The molecule has 0 N–H and O–H groups in total. The summed E-state index contributed by atoms with van der Waals surface area (Å²) in [6.07, 6.45) is 1.09. The number of hydrogen-bond donors (Lipinski definition) is 0. The largest absolute Gasteiger partial charge is 0.496 e. The zero-order valence-electron chi connectivity index (χ0n) is 13.1. The van der Waals surface area contributed by atoms with E-state index < -0.39 is 0 Å². The fourth-order valence-corrected chi connectivity index (χ4v) is 5.71. The molecule has 4 rings (SSSR count). The number of hydrogen-bond acceptors (Lipinski definition) is 1. The second-order valence-electron chi connectivity index (χ2n) is 5.43. The van der Waals surface area contributed by atoms with Crippen molar-refractivity contribution >= 4 is 26.9 Å². The van der Waals surface area contributed by atoms with E-state index in [1.54, 1.807) is 7.11 Å². The summed E-state index contributed by atoms with van der Waals surface area (Å²) in [4.78, 5) is 0. The third-order valence-electron chi connectivity index (χ3n) is 4.19. The number of fused-ring (bicyclic) bond motifs is 3. The Hall–Kier alpha value is -2.05. The Morgan fingerprint density at radius 1 is 0.826 bits per heavy atom. The Balaban J connectivity index is 0.00000156. The molecular formula is C20H17BOP. The molecule has 111 valence electrons. The lowest BCUT2D eigenvalue weighted by Gasteiger charge is -2.29. The van der Waals surface area contributed by atoms with Gasteiger partial charge < -0.3 is 4.74 Å². The Morgan fingerprint density at radius 3 is 2.35 bits per heavy atom. The molecule has 0 spiro atoms. The number of ether oxygens (including phenoxy) is 1. The standard InChI is InChI=1S/C20H17OP.B/c1-21-18-12-7-8-15-14-22(16-9-3-2-4-10-16)19-13-6-5-11-17(19)20(15)18;/h2-13H,14H2,1H3;/t22-;/m0./s1. The number of benzene rings is 3. The predicted octanol–water partition coefficient (Wildman–Crippen LogP) is 3.93.